The van der Waals surface area contributed by atoms with Crippen LogP contribution in [0.15, 0.2) is 50.1 Å². The van der Waals surface area contributed by atoms with Gasteiger partial charge in [-0.2, -0.15) is 0 Å². The van der Waals surface area contributed by atoms with Crippen molar-refractivity contribution in [3.05, 3.63) is 52.0 Å². The van der Waals surface area contributed by atoms with Crippen molar-refractivity contribution in [2.75, 3.05) is 6.61 Å². The van der Waals surface area contributed by atoms with Crippen molar-refractivity contribution < 1.29 is 28.2 Å². The fourth-order valence-corrected chi connectivity index (χ4v) is 2.83. The first-order chi connectivity index (χ1) is 13.0. The Bertz CT molecular complexity index is 930. The number of carbonyl (C=O) groups excluding carboxylic acids is 2. The fraction of sp³-hybridized carbons (Fsp3) is 0.211. The van der Waals surface area contributed by atoms with Crippen LogP contribution in [0.4, 0.5) is 0 Å². The van der Waals surface area contributed by atoms with Crippen molar-refractivity contribution in [1.82, 2.24) is 0 Å². The molecular formula is C19H16BrNO6. The topological polar surface area (TPSA) is 87.3 Å². The summed E-state index contributed by atoms with van der Waals surface area (Å²) in [5, 5.41) is 0. The fourth-order valence-electron chi connectivity index (χ4n) is 2.29. The number of furan rings is 1. The summed E-state index contributed by atoms with van der Waals surface area (Å²) < 4.78 is 21.7. The largest absolute Gasteiger partial charge is 0.490 e. The summed E-state index contributed by atoms with van der Waals surface area (Å²) in [6.45, 7) is 3.90. The molecule has 2 heterocycles. The van der Waals surface area contributed by atoms with Crippen LogP contribution in [0.3, 0.4) is 0 Å². The van der Waals surface area contributed by atoms with Crippen molar-refractivity contribution in [3.63, 3.8) is 0 Å². The molecule has 0 bridgehead atoms. The number of benzene rings is 1. The SMILES string of the molecule is CCOc1cc(/C=C2\N=C(c3ccco3)OC2=O)cc(Br)c1OC(=O)CC. The van der Waals surface area contributed by atoms with Gasteiger partial charge in [-0.3, -0.25) is 4.79 Å². The molecule has 0 aliphatic carbocycles. The van der Waals surface area contributed by atoms with Gasteiger partial charge in [-0.05, 0) is 58.8 Å². The molecule has 0 atom stereocenters. The molecule has 0 spiro atoms. The Hall–Kier alpha value is -2.87. The number of ether oxygens (including phenoxy) is 3. The van der Waals surface area contributed by atoms with Crippen molar-refractivity contribution in [2.45, 2.75) is 20.3 Å². The van der Waals surface area contributed by atoms with E-state index in [0.717, 1.165) is 0 Å². The molecule has 0 saturated carbocycles. The van der Waals surface area contributed by atoms with Gasteiger partial charge in [0.2, 0.25) is 0 Å². The number of cyclic esters (lactones) is 1. The number of rotatable bonds is 6. The lowest BCUT2D eigenvalue weighted by Crippen LogP contribution is -2.08. The Kier molecular flexibility index (Phi) is 5.75. The summed E-state index contributed by atoms with van der Waals surface area (Å²) in [5.74, 6) is 0.173. The van der Waals surface area contributed by atoms with Gasteiger partial charge in [0.1, 0.15) is 0 Å². The summed E-state index contributed by atoms with van der Waals surface area (Å²) in [6, 6.07) is 6.68. The molecule has 1 aliphatic heterocycles. The minimum atomic E-state index is -0.586. The number of hydrogen-bond acceptors (Lipinski definition) is 7. The molecule has 7 nitrogen and oxygen atoms in total. The molecule has 1 aromatic carbocycles. The Morgan fingerprint density at radius 1 is 1.33 bits per heavy atom. The summed E-state index contributed by atoms with van der Waals surface area (Å²) in [7, 11) is 0. The van der Waals surface area contributed by atoms with Gasteiger partial charge in [-0.1, -0.05) is 6.92 Å². The Morgan fingerprint density at radius 2 is 2.15 bits per heavy atom. The lowest BCUT2D eigenvalue weighted by atomic mass is 10.1. The van der Waals surface area contributed by atoms with E-state index in [9.17, 15) is 9.59 Å². The van der Waals surface area contributed by atoms with Crippen LogP contribution in [0.5, 0.6) is 11.5 Å². The molecule has 3 rings (SSSR count). The molecule has 2 aromatic rings. The highest BCUT2D eigenvalue weighted by Crippen LogP contribution is 2.38. The minimum absolute atomic E-state index is 0.105. The first-order valence-corrected chi connectivity index (χ1v) is 9.04. The summed E-state index contributed by atoms with van der Waals surface area (Å²) in [6.07, 6.45) is 3.26. The van der Waals surface area contributed by atoms with E-state index in [4.69, 9.17) is 18.6 Å². The van der Waals surface area contributed by atoms with Crippen LogP contribution in [-0.4, -0.2) is 24.4 Å². The summed E-state index contributed by atoms with van der Waals surface area (Å²) in [4.78, 5) is 27.9. The summed E-state index contributed by atoms with van der Waals surface area (Å²) in [5.41, 5.74) is 0.743. The average Bonchev–Trinajstić information content (AvgIpc) is 3.28. The maximum absolute atomic E-state index is 12.1. The predicted molar refractivity (Wildman–Crippen MR) is 101 cm³/mol. The molecule has 0 N–H and O–H groups in total. The third-order valence-corrected chi connectivity index (χ3v) is 4.08. The predicted octanol–water partition coefficient (Wildman–Crippen LogP) is 4.10. The maximum atomic E-state index is 12.1. The van der Waals surface area contributed by atoms with Gasteiger partial charge in [0.05, 0.1) is 17.3 Å². The number of aliphatic imine (C=N–C) groups is 1. The van der Waals surface area contributed by atoms with Crippen molar-refractivity contribution in [3.8, 4) is 11.5 Å². The van der Waals surface area contributed by atoms with Crippen LogP contribution in [0.2, 0.25) is 0 Å². The third-order valence-electron chi connectivity index (χ3n) is 3.49. The van der Waals surface area contributed by atoms with Gasteiger partial charge in [0.15, 0.2) is 23.0 Å². The monoisotopic (exact) mass is 433 g/mol. The normalized spacial score (nSPS) is 14.9. The first-order valence-electron chi connectivity index (χ1n) is 8.25. The first kappa shape index (κ1) is 18.9. The molecule has 27 heavy (non-hydrogen) atoms. The van der Waals surface area contributed by atoms with E-state index in [1.165, 1.54) is 6.26 Å². The van der Waals surface area contributed by atoms with Crippen molar-refractivity contribution >= 4 is 39.8 Å². The number of carbonyl (C=O) groups is 2. The molecule has 0 unspecified atom stereocenters. The second kappa shape index (κ2) is 8.22. The minimum Gasteiger partial charge on any atom is -0.490 e. The Morgan fingerprint density at radius 3 is 2.81 bits per heavy atom. The van der Waals surface area contributed by atoms with Crippen molar-refractivity contribution in [2.24, 2.45) is 4.99 Å². The van der Waals surface area contributed by atoms with E-state index in [0.29, 0.717) is 33.9 Å². The standard InChI is InChI=1S/C19H16BrNO6/c1-3-16(22)26-17-12(20)8-11(10-15(17)24-4-2)9-13-19(23)27-18(21-13)14-6-5-7-25-14/h5-10H,3-4H2,1-2H3/b13-9-. The van der Waals surface area contributed by atoms with Crippen LogP contribution in [0.25, 0.3) is 6.08 Å². The molecule has 0 saturated heterocycles. The number of hydrogen-bond donors (Lipinski definition) is 0. The van der Waals surface area contributed by atoms with Gasteiger partial charge >= 0.3 is 11.9 Å². The van der Waals surface area contributed by atoms with Gasteiger partial charge in [0.25, 0.3) is 5.90 Å². The van der Waals surface area contributed by atoms with Gasteiger partial charge < -0.3 is 18.6 Å². The molecule has 0 radical (unpaired) electrons. The van der Waals surface area contributed by atoms with Crippen LogP contribution in [0.1, 0.15) is 31.6 Å². The molecule has 140 valence electrons. The summed E-state index contributed by atoms with van der Waals surface area (Å²) >= 11 is 3.38. The van der Waals surface area contributed by atoms with E-state index in [1.807, 2.05) is 6.92 Å². The van der Waals surface area contributed by atoms with E-state index in [2.05, 4.69) is 20.9 Å². The van der Waals surface area contributed by atoms with E-state index >= 15 is 0 Å². The molecule has 0 fully saturated rings. The Labute approximate surface area is 163 Å². The molecule has 8 heteroatoms. The zero-order valence-electron chi connectivity index (χ0n) is 14.7. The second-order valence-corrected chi connectivity index (χ2v) is 6.26. The lowest BCUT2D eigenvalue weighted by Gasteiger charge is -2.13. The average molecular weight is 434 g/mol. The van der Waals surface area contributed by atoms with Gasteiger partial charge in [-0.15, -0.1) is 0 Å². The molecule has 1 aromatic heterocycles. The zero-order chi connectivity index (χ0) is 19.4. The Balaban J connectivity index is 1.96. The number of esters is 2. The van der Waals surface area contributed by atoms with Gasteiger partial charge in [0, 0.05) is 6.42 Å². The smallest absolute Gasteiger partial charge is 0.363 e. The van der Waals surface area contributed by atoms with Crippen LogP contribution < -0.4 is 9.47 Å². The van der Waals surface area contributed by atoms with Gasteiger partial charge in [-0.25, -0.2) is 9.79 Å². The van der Waals surface area contributed by atoms with E-state index < -0.39 is 5.97 Å². The van der Waals surface area contributed by atoms with E-state index in [-0.39, 0.29) is 24.0 Å². The highest BCUT2D eigenvalue weighted by molar-refractivity contribution is 9.10. The van der Waals surface area contributed by atoms with Crippen LogP contribution in [0, 0.1) is 0 Å². The zero-order valence-corrected chi connectivity index (χ0v) is 16.2. The number of nitrogens with zero attached hydrogens (tertiary/aromatic N) is 1. The lowest BCUT2D eigenvalue weighted by molar-refractivity contribution is -0.134. The molecule has 0 amide bonds. The maximum Gasteiger partial charge on any atom is 0.363 e. The number of halogens is 1. The molecule has 1 aliphatic rings. The highest BCUT2D eigenvalue weighted by Gasteiger charge is 2.26. The second-order valence-electron chi connectivity index (χ2n) is 5.40. The van der Waals surface area contributed by atoms with Crippen molar-refractivity contribution in [1.29, 1.82) is 0 Å². The van der Waals surface area contributed by atoms with E-state index in [1.54, 1.807) is 37.3 Å². The molecular weight excluding hydrogens is 418 g/mol. The van der Waals surface area contributed by atoms with Crippen LogP contribution in [-0.2, 0) is 14.3 Å². The highest BCUT2D eigenvalue weighted by atomic mass is 79.9. The van der Waals surface area contributed by atoms with Crippen LogP contribution >= 0.6 is 15.9 Å². The quantitative estimate of drug-likeness (QED) is 0.387. The third kappa shape index (κ3) is 4.28.